The summed E-state index contributed by atoms with van der Waals surface area (Å²) >= 11 is 0. The Morgan fingerprint density at radius 1 is 1.12 bits per heavy atom. The molecule has 9 heteroatoms. The molecule has 0 N–H and O–H groups in total. The van der Waals surface area contributed by atoms with E-state index >= 15 is 0 Å². The van der Waals surface area contributed by atoms with E-state index in [-0.39, 0.29) is 24.7 Å². The normalized spacial score (nSPS) is 12.8. The molecule has 146 valence electrons. The van der Waals surface area contributed by atoms with E-state index in [2.05, 4.69) is 38.7 Å². The molecule has 0 atom stereocenters. The number of carbonyl (C=O) groups is 1. The zero-order valence-corrected chi connectivity index (χ0v) is 18.5. The second kappa shape index (κ2) is 10.5. The molecule has 0 radical (unpaired) electrons. The van der Waals surface area contributed by atoms with Crippen molar-refractivity contribution in [1.82, 2.24) is 0 Å². The zero-order valence-electron chi connectivity index (χ0n) is 16.6. The van der Waals surface area contributed by atoms with E-state index in [1.54, 1.807) is 13.8 Å². The van der Waals surface area contributed by atoms with E-state index in [1.165, 1.54) is 0 Å². The Morgan fingerprint density at radius 3 is 2.04 bits per heavy atom. The van der Waals surface area contributed by atoms with Crippen LogP contribution < -0.4 is 0 Å². The fourth-order valence-electron chi connectivity index (χ4n) is 1.81. The fraction of sp³-hybridized carbons (Fsp3) is 0.875. The van der Waals surface area contributed by atoms with Gasteiger partial charge >= 0.3 is 13.0 Å². The first-order chi connectivity index (χ1) is 11.4. The zero-order chi connectivity index (χ0) is 19.7. The van der Waals surface area contributed by atoms with Gasteiger partial charge in [0, 0.05) is 13.0 Å². The van der Waals surface area contributed by atoms with Gasteiger partial charge in [-0.05, 0) is 44.8 Å². The summed E-state index contributed by atoms with van der Waals surface area (Å²) in [7, 11) is -5.66. The largest absolute Gasteiger partial charge is 0.446 e. The van der Waals surface area contributed by atoms with Crippen LogP contribution in [0.4, 0.5) is 0 Å². The molecule has 25 heavy (non-hydrogen) atoms. The Morgan fingerprint density at radius 2 is 1.64 bits per heavy atom. The number of ketones is 1. The molecule has 0 fully saturated rings. The summed E-state index contributed by atoms with van der Waals surface area (Å²) < 4.78 is 28.7. The molecule has 0 rings (SSSR count). The summed E-state index contributed by atoms with van der Waals surface area (Å²) in [5.74, 6) is -0.528. The molecule has 0 heterocycles. The molecule has 0 amide bonds. The standard InChI is InChI=1S/C16H33N2O5PSi/c1-8-21-24(20,22-9-2)15(18-17)14(19)12-10-11-13-23-25(6,7)16(3,4)5/h8-13H2,1-7H3. The van der Waals surface area contributed by atoms with Crippen LogP contribution in [-0.4, -0.2) is 44.2 Å². The van der Waals surface area contributed by atoms with Gasteiger partial charge in [-0.1, -0.05) is 20.8 Å². The predicted octanol–water partition coefficient (Wildman–Crippen LogP) is 4.64. The first-order valence-electron chi connectivity index (χ1n) is 8.74. The van der Waals surface area contributed by atoms with Gasteiger partial charge in [-0.3, -0.25) is 4.79 Å². The highest BCUT2D eigenvalue weighted by Gasteiger charge is 2.44. The minimum Gasteiger partial charge on any atom is -0.417 e. The highest BCUT2D eigenvalue weighted by Crippen LogP contribution is 2.49. The second-order valence-corrected chi connectivity index (χ2v) is 14.0. The third-order valence-corrected chi connectivity index (χ3v) is 10.9. The maximum atomic E-state index is 12.5. The second-order valence-electron chi connectivity index (χ2n) is 7.25. The van der Waals surface area contributed by atoms with Crippen LogP contribution >= 0.6 is 7.60 Å². The number of unbranched alkanes of at least 4 members (excludes halogenated alkanes) is 1. The summed E-state index contributed by atoms with van der Waals surface area (Å²) in [5, 5.41) is 0.140. The van der Waals surface area contributed by atoms with Crippen molar-refractivity contribution in [3.63, 3.8) is 0 Å². The number of hydrogen-bond acceptors (Lipinski definition) is 5. The van der Waals surface area contributed by atoms with Gasteiger partial charge in [0.1, 0.15) is 0 Å². The lowest BCUT2D eigenvalue weighted by Gasteiger charge is -2.36. The minimum absolute atomic E-state index is 0.0872. The molecule has 0 aromatic carbocycles. The topological polar surface area (TPSA) is 98.2 Å². The highest BCUT2D eigenvalue weighted by molar-refractivity contribution is 7.74. The van der Waals surface area contributed by atoms with Crippen molar-refractivity contribution in [2.45, 2.75) is 72.0 Å². The average Bonchev–Trinajstić information content (AvgIpc) is 2.46. The lowest BCUT2D eigenvalue weighted by molar-refractivity contribution is -0.116. The summed E-state index contributed by atoms with van der Waals surface area (Å²) in [6.07, 6.45) is 1.35. The van der Waals surface area contributed by atoms with Crippen LogP contribution in [0.2, 0.25) is 18.1 Å². The Kier molecular flexibility index (Phi) is 10.2. The minimum atomic E-state index is -3.86. The van der Waals surface area contributed by atoms with E-state index in [1.807, 2.05) is 0 Å². The quantitative estimate of drug-likeness (QED) is 0.120. The van der Waals surface area contributed by atoms with Gasteiger partial charge in [0.15, 0.2) is 8.32 Å². The lowest BCUT2D eigenvalue weighted by atomic mass is 10.2. The molecule has 0 aliphatic heterocycles. The number of nitrogens with zero attached hydrogens (tertiary/aromatic N) is 2. The molecule has 0 saturated heterocycles. The van der Waals surface area contributed by atoms with Crippen LogP contribution in [-0.2, 0) is 22.8 Å². The smallest absolute Gasteiger partial charge is 0.417 e. The van der Waals surface area contributed by atoms with Crippen LogP contribution in [0.5, 0.6) is 0 Å². The van der Waals surface area contributed by atoms with Gasteiger partial charge in [0.2, 0.25) is 0 Å². The monoisotopic (exact) mass is 392 g/mol. The van der Waals surface area contributed by atoms with E-state index in [9.17, 15) is 9.36 Å². The summed E-state index contributed by atoms with van der Waals surface area (Å²) in [5.41, 5.74) is 8.57. The molecule has 7 nitrogen and oxygen atoms in total. The van der Waals surface area contributed by atoms with Crippen molar-refractivity contribution in [2.75, 3.05) is 19.8 Å². The molecule has 0 bridgehead atoms. The molecular formula is C16H33N2O5PSi. The predicted molar refractivity (Wildman–Crippen MR) is 101 cm³/mol. The van der Waals surface area contributed by atoms with E-state index < -0.39 is 27.1 Å². The Balaban J connectivity index is 4.59. The van der Waals surface area contributed by atoms with Crippen LogP contribution in [0.3, 0.4) is 0 Å². The van der Waals surface area contributed by atoms with Crippen LogP contribution in [0.25, 0.3) is 5.53 Å². The van der Waals surface area contributed by atoms with Gasteiger partial charge in [-0.25, -0.2) is 4.57 Å². The fourth-order valence-corrected chi connectivity index (χ4v) is 4.42. The third-order valence-electron chi connectivity index (χ3n) is 4.27. The third kappa shape index (κ3) is 7.65. The molecule has 0 aliphatic carbocycles. The SMILES string of the molecule is CCOP(=O)(OCC)C(=[N+]=[N-])C(=O)CCCCO[Si](C)(C)C(C)(C)C. The highest BCUT2D eigenvalue weighted by atomic mass is 31.2. The summed E-state index contributed by atoms with van der Waals surface area (Å²) in [6.45, 7) is 14.9. The van der Waals surface area contributed by atoms with E-state index in [0.29, 0.717) is 19.4 Å². The van der Waals surface area contributed by atoms with Crippen molar-refractivity contribution in [2.24, 2.45) is 0 Å². The molecule has 0 spiro atoms. The average molecular weight is 393 g/mol. The van der Waals surface area contributed by atoms with Crippen LogP contribution in [0, 0.1) is 0 Å². The van der Waals surface area contributed by atoms with Gasteiger partial charge in [-0.2, -0.15) is 4.79 Å². The van der Waals surface area contributed by atoms with Crippen molar-refractivity contribution >= 4 is 27.1 Å². The molecule has 0 aromatic rings. The van der Waals surface area contributed by atoms with Gasteiger partial charge in [0.25, 0.3) is 5.78 Å². The molecule has 0 unspecified atom stereocenters. The summed E-state index contributed by atoms with van der Waals surface area (Å²) in [6, 6.07) is 0. The first-order valence-corrected chi connectivity index (χ1v) is 13.2. The number of rotatable bonds is 12. The van der Waals surface area contributed by atoms with Crippen LogP contribution in [0.15, 0.2) is 0 Å². The van der Waals surface area contributed by atoms with Crippen molar-refractivity contribution in [3.05, 3.63) is 5.53 Å². The van der Waals surface area contributed by atoms with Gasteiger partial charge in [0.05, 0.1) is 13.2 Å². The number of Topliss-reactive ketones (excluding diaryl/α,β-unsaturated/α-hetero) is 1. The first kappa shape index (κ1) is 24.4. The Bertz CT molecular complexity index is 529. The number of carbonyl (C=O) groups excluding carboxylic acids is 1. The van der Waals surface area contributed by atoms with E-state index in [0.717, 1.165) is 0 Å². The van der Waals surface area contributed by atoms with Gasteiger partial charge in [-0.15, -0.1) is 0 Å². The lowest BCUT2D eigenvalue weighted by Crippen LogP contribution is -2.40. The van der Waals surface area contributed by atoms with Gasteiger partial charge < -0.3 is 19.0 Å². The molecule has 0 aromatic heterocycles. The van der Waals surface area contributed by atoms with Crippen molar-refractivity contribution in [1.29, 1.82) is 0 Å². The van der Waals surface area contributed by atoms with E-state index in [4.69, 9.17) is 19.0 Å². The maximum Gasteiger partial charge on any atom is 0.446 e. The van der Waals surface area contributed by atoms with Crippen molar-refractivity contribution in [3.8, 4) is 0 Å². The number of hydrogen-bond donors (Lipinski definition) is 0. The summed E-state index contributed by atoms with van der Waals surface area (Å²) in [4.78, 5) is 15.1. The molecule has 0 saturated carbocycles. The Hall–Kier alpha value is -0.623. The van der Waals surface area contributed by atoms with Crippen LogP contribution in [0.1, 0.15) is 53.9 Å². The molecule has 0 aliphatic rings. The Labute approximate surface area is 152 Å². The van der Waals surface area contributed by atoms with Crippen molar-refractivity contribution < 1.29 is 27.6 Å². The molecular weight excluding hydrogens is 359 g/mol. The maximum absolute atomic E-state index is 12.5.